The smallest absolute Gasteiger partial charge is 0.426 e. The zero-order chi connectivity index (χ0) is 15.3. The van der Waals surface area contributed by atoms with E-state index < -0.39 is 12.5 Å². The molecule has 21 heavy (non-hydrogen) atoms. The van der Waals surface area contributed by atoms with Gasteiger partial charge in [0.15, 0.2) is 0 Å². The number of anilines is 1. The van der Waals surface area contributed by atoms with Gasteiger partial charge in [-0.25, -0.2) is 0 Å². The molecular formula is C14H12F4N2O. The maximum atomic E-state index is 13.0. The Bertz CT molecular complexity index is 578. The molecule has 0 aliphatic carbocycles. The first kappa shape index (κ1) is 15.1. The highest BCUT2D eigenvalue weighted by atomic mass is 19.3. The number of para-hydroxylation sites is 2. The van der Waals surface area contributed by atoms with Crippen LogP contribution in [0.5, 0.6) is 5.75 Å². The number of benzene rings is 1. The van der Waals surface area contributed by atoms with Crippen LogP contribution in [0.2, 0.25) is 0 Å². The highest BCUT2D eigenvalue weighted by Gasteiger charge is 2.44. The first-order chi connectivity index (χ1) is 9.99. The number of alkyl halides is 4. The van der Waals surface area contributed by atoms with Gasteiger partial charge in [0.25, 0.3) is 0 Å². The van der Waals surface area contributed by atoms with Crippen molar-refractivity contribution in [2.45, 2.75) is 19.1 Å². The quantitative estimate of drug-likeness (QED) is 0.821. The van der Waals surface area contributed by atoms with Gasteiger partial charge >= 0.3 is 12.5 Å². The molecule has 0 unspecified atom stereocenters. The summed E-state index contributed by atoms with van der Waals surface area (Å²) in [6.45, 7) is 0.300. The van der Waals surface area contributed by atoms with Gasteiger partial charge in [0.2, 0.25) is 0 Å². The van der Waals surface area contributed by atoms with Crippen LogP contribution in [0, 0.1) is 0 Å². The SMILES string of the molecule is FC(F)C(F)(F)Oc1ccccc1NCc1cccnc1. The Balaban J connectivity index is 2.10. The van der Waals surface area contributed by atoms with Gasteiger partial charge in [-0.2, -0.15) is 17.6 Å². The van der Waals surface area contributed by atoms with Gasteiger partial charge in [0.1, 0.15) is 5.75 Å². The monoisotopic (exact) mass is 300 g/mol. The molecule has 0 aliphatic rings. The van der Waals surface area contributed by atoms with Crippen LogP contribution in [0.1, 0.15) is 5.56 Å². The minimum atomic E-state index is -4.54. The molecular weight excluding hydrogens is 288 g/mol. The van der Waals surface area contributed by atoms with E-state index in [0.717, 1.165) is 5.56 Å². The highest BCUT2D eigenvalue weighted by Crippen LogP contribution is 2.32. The van der Waals surface area contributed by atoms with E-state index in [0.29, 0.717) is 6.54 Å². The molecule has 1 N–H and O–H groups in total. The van der Waals surface area contributed by atoms with E-state index in [1.807, 2.05) is 0 Å². The van der Waals surface area contributed by atoms with Gasteiger partial charge < -0.3 is 10.1 Å². The molecule has 0 spiro atoms. The molecule has 112 valence electrons. The number of hydrogen-bond donors (Lipinski definition) is 1. The topological polar surface area (TPSA) is 34.1 Å². The predicted octanol–water partition coefficient (Wildman–Crippen LogP) is 3.93. The Morgan fingerprint density at radius 2 is 1.90 bits per heavy atom. The Hall–Kier alpha value is -2.31. The van der Waals surface area contributed by atoms with Crippen molar-refractivity contribution in [3.63, 3.8) is 0 Å². The van der Waals surface area contributed by atoms with Gasteiger partial charge in [-0.3, -0.25) is 4.98 Å². The standard InChI is InChI=1S/C14H12F4N2O/c15-13(16)14(17,18)21-12-6-2-1-5-11(12)20-9-10-4-3-7-19-8-10/h1-8,13,20H,9H2. The lowest BCUT2D eigenvalue weighted by Gasteiger charge is -2.19. The Labute approximate surface area is 118 Å². The van der Waals surface area contributed by atoms with Crippen LogP contribution in [0.15, 0.2) is 48.8 Å². The van der Waals surface area contributed by atoms with Crippen LogP contribution in [0.3, 0.4) is 0 Å². The molecule has 1 heterocycles. The first-order valence-electron chi connectivity index (χ1n) is 6.06. The number of halogens is 4. The molecule has 0 bridgehead atoms. The molecule has 0 atom stereocenters. The van der Waals surface area contributed by atoms with Crippen molar-refractivity contribution in [2.24, 2.45) is 0 Å². The fraction of sp³-hybridized carbons (Fsp3) is 0.214. The lowest BCUT2D eigenvalue weighted by molar-refractivity contribution is -0.252. The van der Waals surface area contributed by atoms with Gasteiger partial charge in [-0.05, 0) is 23.8 Å². The average molecular weight is 300 g/mol. The summed E-state index contributed by atoms with van der Waals surface area (Å²) in [5.74, 6) is -0.341. The summed E-state index contributed by atoms with van der Waals surface area (Å²) in [6, 6.07) is 9.18. The number of aromatic nitrogens is 1. The Kier molecular flexibility index (Phi) is 4.62. The minimum absolute atomic E-state index is 0.196. The molecule has 0 amide bonds. The Morgan fingerprint density at radius 3 is 2.57 bits per heavy atom. The van der Waals surface area contributed by atoms with Gasteiger partial charge in [-0.15, -0.1) is 0 Å². The van der Waals surface area contributed by atoms with Crippen molar-refractivity contribution in [3.8, 4) is 5.75 Å². The van der Waals surface area contributed by atoms with Crippen LogP contribution in [0.4, 0.5) is 23.2 Å². The number of rotatable bonds is 6. The molecule has 0 saturated heterocycles. The number of nitrogens with zero attached hydrogens (tertiary/aromatic N) is 1. The predicted molar refractivity (Wildman–Crippen MR) is 69.6 cm³/mol. The molecule has 0 radical (unpaired) electrons. The summed E-state index contributed by atoms with van der Waals surface area (Å²) < 4.78 is 54.4. The molecule has 0 aliphatic heterocycles. The molecule has 0 fully saturated rings. The fourth-order valence-corrected chi connectivity index (χ4v) is 1.59. The van der Waals surface area contributed by atoms with E-state index in [1.165, 1.54) is 18.2 Å². The van der Waals surface area contributed by atoms with E-state index in [1.54, 1.807) is 30.6 Å². The molecule has 3 nitrogen and oxygen atoms in total. The van der Waals surface area contributed by atoms with Crippen LogP contribution in [-0.2, 0) is 6.54 Å². The molecule has 1 aromatic heterocycles. The third-order valence-electron chi connectivity index (χ3n) is 2.59. The summed E-state index contributed by atoms with van der Waals surface area (Å²) in [6.07, 6.45) is -5.23. The van der Waals surface area contributed by atoms with E-state index in [9.17, 15) is 17.6 Å². The third-order valence-corrected chi connectivity index (χ3v) is 2.59. The first-order valence-corrected chi connectivity index (χ1v) is 6.06. The van der Waals surface area contributed by atoms with E-state index in [4.69, 9.17) is 0 Å². The van der Waals surface area contributed by atoms with Crippen molar-refractivity contribution in [1.29, 1.82) is 0 Å². The maximum Gasteiger partial charge on any atom is 0.461 e. The molecule has 0 saturated carbocycles. The summed E-state index contributed by atoms with van der Waals surface area (Å²) >= 11 is 0. The molecule has 7 heteroatoms. The summed E-state index contributed by atoms with van der Waals surface area (Å²) in [5, 5.41) is 2.85. The maximum absolute atomic E-state index is 13.0. The van der Waals surface area contributed by atoms with Crippen molar-refractivity contribution < 1.29 is 22.3 Å². The minimum Gasteiger partial charge on any atom is -0.426 e. The summed E-state index contributed by atoms with van der Waals surface area (Å²) in [5.41, 5.74) is 1.01. The number of nitrogens with one attached hydrogen (secondary N) is 1. The number of hydrogen-bond acceptors (Lipinski definition) is 3. The third kappa shape index (κ3) is 4.08. The fourth-order valence-electron chi connectivity index (χ4n) is 1.59. The zero-order valence-corrected chi connectivity index (χ0v) is 10.8. The second-order valence-corrected chi connectivity index (χ2v) is 4.18. The molecule has 1 aromatic carbocycles. The summed E-state index contributed by atoms with van der Waals surface area (Å²) in [7, 11) is 0. The van der Waals surface area contributed by atoms with Crippen LogP contribution in [0.25, 0.3) is 0 Å². The van der Waals surface area contributed by atoms with E-state index >= 15 is 0 Å². The second kappa shape index (κ2) is 6.43. The van der Waals surface area contributed by atoms with Crippen molar-refractivity contribution in [2.75, 3.05) is 5.32 Å². The zero-order valence-electron chi connectivity index (χ0n) is 10.8. The number of ether oxygens (including phenoxy) is 1. The number of pyridine rings is 1. The Morgan fingerprint density at radius 1 is 1.14 bits per heavy atom. The second-order valence-electron chi connectivity index (χ2n) is 4.18. The highest BCUT2D eigenvalue weighted by molar-refractivity contribution is 5.56. The lowest BCUT2D eigenvalue weighted by atomic mass is 10.2. The average Bonchev–Trinajstić information content (AvgIpc) is 2.47. The normalized spacial score (nSPS) is 11.5. The van der Waals surface area contributed by atoms with Crippen molar-refractivity contribution in [3.05, 3.63) is 54.4 Å². The van der Waals surface area contributed by atoms with Crippen LogP contribution >= 0.6 is 0 Å². The van der Waals surface area contributed by atoms with Crippen LogP contribution in [-0.4, -0.2) is 17.5 Å². The van der Waals surface area contributed by atoms with E-state index in [2.05, 4.69) is 15.0 Å². The molecule has 2 rings (SSSR count). The van der Waals surface area contributed by atoms with Gasteiger partial charge in [0, 0.05) is 18.9 Å². The lowest BCUT2D eigenvalue weighted by Crippen LogP contribution is -2.33. The van der Waals surface area contributed by atoms with Crippen molar-refractivity contribution >= 4 is 5.69 Å². The molecule has 2 aromatic rings. The largest absolute Gasteiger partial charge is 0.461 e. The van der Waals surface area contributed by atoms with Crippen molar-refractivity contribution in [1.82, 2.24) is 4.98 Å². The van der Waals surface area contributed by atoms with E-state index in [-0.39, 0.29) is 11.4 Å². The van der Waals surface area contributed by atoms with Crippen LogP contribution < -0.4 is 10.1 Å². The van der Waals surface area contributed by atoms with Gasteiger partial charge in [0.05, 0.1) is 5.69 Å². The van der Waals surface area contributed by atoms with Gasteiger partial charge in [-0.1, -0.05) is 18.2 Å². The summed E-state index contributed by atoms with van der Waals surface area (Å²) in [4.78, 5) is 3.91.